The van der Waals surface area contributed by atoms with Gasteiger partial charge in [-0.2, -0.15) is 0 Å². The second-order valence-corrected chi connectivity index (χ2v) is 13.7. The molecule has 0 N–H and O–H groups in total. The van der Waals surface area contributed by atoms with Crippen LogP contribution in [0.5, 0.6) is 5.75 Å². The molecule has 4 heteroatoms. The van der Waals surface area contributed by atoms with E-state index < -0.39 is 0 Å². The monoisotopic (exact) mass is 661 g/mol. The van der Waals surface area contributed by atoms with E-state index in [4.69, 9.17) is 19.7 Å². The lowest BCUT2D eigenvalue weighted by Gasteiger charge is -2.23. The molecule has 3 aliphatic rings. The van der Waals surface area contributed by atoms with Crippen LogP contribution in [-0.2, 0) is 6.42 Å². The zero-order valence-electron chi connectivity index (χ0n) is 29.1. The van der Waals surface area contributed by atoms with Gasteiger partial charge in [0.2, 0.25) is 0 Å². The molecule has 2 aliphatic carbocycles. The second kappa shape index (κ2) is 13.1. The van der Waals surface area contributed by atoms with Gasteiger partial charge in [-0.15, -0.1) is 0 Å². The maximum Gasteiger partial charge on any atom is 0.160 e. The Morgan fingerprint density at radius 1 is 0.686 bits per heavy atom. The lowest BCUT2D eigenvalue weighted by atomic mass is 9.82. The maximum atomic E-state index is 6.82. The van der Waals surface area contributed by atoms with E-state index in [1.54, 1.807) is 0 Å². The molecule has 51 heavy (non-hydrogen) atoms. The van der Waals surface area contributed by atoms with Crippen LogP contribution in [0, 0.1) is 0 Å². The number of rotatable bonds is 5. The second-order valence-electron chi connectivity index (χ2n) is 13.7. The third-order valence-corrected chi connectivity index (χ3v) is 10.6. The van der Waals surface area contributed by atoms with Crippen molar-refractivity contribution in [3.05, 3.63) is 160 Å². The zero-order chi connectivity index (χ0) is 34.3. The van der Waals surface area contributed by atoms with E-state index in [-0.39, 0.29) is 5.92 Å². The Labute approximate surface area is 299 Å². The van der Waals surface area contributed by atoms with Crippen molar-refractivity contribution in [2.75, 3.05) is 0 Å². The SMILES string of the molecule is C/C=c1/cccc/c1=C(/C)C1=CCCc2c1nc(-c1ccc(-c3cc(-c4ccccc4)nc(-c4ccccc4)n3)cc1)c1c2OC2=CCCCC21. The molecular formula is C47H39N3O. The topological polar surface area (TPSA) is 47.9 Å². The number of aromatic nitrogens is 3. The Balaban J connectivity index is 1.19. The van der Waals surface area contributed by atoms with E-state index in [0.29, 0.717) is 5.82 Å². The number of hydrogen-bond acceptors (Lipinski definition) is 4. The highest BCUT2D eigenvalue weighted by Gasteiger charge is 2.38. The van der Waals surface area contributed by atoms with Gasteiger partial charge in [0, 0.05) is 44.9 Å². The minimum absolute atomic E-state index is 0.250. The first-order valence-corrected chi connectivity index (χ1v) is 18.1. The van der Waals surface area contributed by atoms with Gasteiger partial charge in [-0.25, -0.2) is 15.0 Å². The van der Waals surface area contributed by atoms with Gasteiger partial charge in [0.05, 0.1) is 22.8 Å². The smallest absolute Gasteiger partial charge is 0.160 e. The summed E-state index contributed by atoms with van der Waals surface area (Å²) in [5.74, 6) is 3.11. The molecule has 0 amide bonds. The lowest BCUT2D eigenvalue weighted by molar-refractivity contribution is 0.400. The highest BCUT2D eigenvalue weighted by Crippen LogP contribution is 2.53. The average Bonchev–Trinajstić information content (AvgIpc) is 3.61. The molecule has 0 radical (unpaired) electrons. The maximum absolute atomic E-state index is 6.82. The van der Waals surface area contributed by atoms with E-state index in [9.17, 15) is 0 Å². The molecule has 9 rings (SSSR count). The predicted molar refractivity (Wildman–Crippen MR) is 208 cm³/mol. The van der Waals surface area contributed by atoms with E-state index in [1.165, 1.54) is 32.7 Å². The summed E-state index contributed by atoms with van der Waals surface area (Å²) in [6.45, 7) is 4.35. The van der Waals surface area contributed by atoms with Crippen molar-refractivity contribution in [2.45, 2.75) is 51.9 Å². The van der Waals surface area contributed by atoms with Crippen LogP contribution in [0.25, 0.3) is 62.4 Å². The van der Waals surface area contributed by atoms with Crippen LogP contribution in [0.2, 0.25) is 0 Å². The summed E-state index contributed by atoms with van der Waals surface area (Å²) in [5.41, 5.74) is 13.0. The third kappa shape index (κ3) is 5.61. The summed E-state index contributed by atoms with van der Waals surface area (Å²) in [6, 6.07) is 40.1. The minimum atomic E-state index is 0.250. The van der Waals surface area contributed by atoms with Crippen molar-refractivity contribution in [3.8, 4) is 50.9 Å². The van der Waals surface area contributed by atoms with Crippen molar-refractivity contribution in [1.82, 2.24) is 15.0 Å². The molecule has 4 nitrogen and oxygen atoms in total. The van der Waals surface area contributed by atoms with Crippen LogP contribution in [0.3, 0.4) is 0 Å². The van der Waals surface area contributed by atoms with Crippen LogP contribution in [0.15, 0.2) is 133 Å². The van der Waals surface area contributed by atoms with Crippen LogP contribution in [0.4, 0.5) is 0 Å². The molecule has 6 aromatic rings. The summed E-state index contributed by atoms with van der Waals surface area (Å²) in [6.07, 6.45) is 12.1. The van der Waals surface area contributed by atoms with Gasteiger partial charge in [-0.05, 0) is 74.1 Å². The van der Waals surface area contributed by atoms with Crippen LogP contribution >= 0.6 is 0 Å². The van der Waals surface area contributed by atoms with Crippen LogP contribution in [-0.4, -0.2) is 15.0 Å². The van der Waals surface area contributed by atoms with E-state index in [1.807, 2.05) is 24.3 Å². The molecule has 0 spiro atoms. The number of benzene rings is 4. The molecule has 1 aliphatic heterocycles. The fourth-order valence-corrected chi connectivity index (χ4v) is 7.99. The Bertz CT molecular complexity index is 2420. The van der Waals surface area contributed by atoms with Crippen molar-refractivity contribution in [3.63, 3.8) is 0 Å². The number of fused-ring (bicyclic) bond motifs is 5. The molecule has 1 atom stereocenters. The Morgan fingerprint density at radius 2 is 1.35 bits per heavy atom. The lowest BCUT2D eigenvalue weighted by Crippen LogP contribution is -2.26. The molecule has 3 heterocycles. The number of hydrogen-bond donors (Lipinski definition) is 0. The van der Waals surface area contributed by atoms with Gasteiger partial charge < -0.3 is 4.74 Å². The Morgan fingerprint density at radius 3 is 2.10 bits per heavy atom. The molecule has 2 aromatic heterocycles. The first-order chi connectivity index (χ1) is 25.2. The number of ether oxygens (including phenoxy) is 1. The largest absolute Gasteiger partial charge is 0.461 e. The molecule has 248 valence electrons. The third-order valence-electron chi connectivity index (χ3n) is 10.6. The van der Waals surface area contributed by atoms with Gasteiger partial charge in [0.1, 0.15) is 11.5 Å². The summed E-state index contributed by atoms with van der Waals surface area (Å²) in [7, 11) is 0. The van der Waals surface area contributed by atoms with Gasteiger partial charge in [-0.3, -0.25) is 0 Å². The summed E-state index contributed by atoms with van der Waals surface area (Å²) >= 11 is 0. The fourth-order valence-electron chi connectivity index (χ4n) is 7.99. The van der Waals surface area contributed by atoms with Gasteiger partial charge in [0.25, 0.3) is 0 Å². The normalized spacial score (nSPS) is 17.1. The fraction of sp³-hybridized carbons (Fsp3) is 0.170. The van der Waals surface area contributed by atoms with Crippen molar-refractivity contribution in [1.29, 1.82) is 0 Å². The van der Waals surface area contributed by atoms with E-state index in [2.05, 4.69) is 123 Å². The summed E-state index contributed by atoms with van der Waals surface area (Å²) in [5, 5.41) is 2.49. The standard InChI is InChI=1S/C47H39N3O/c1-3-31-15-10-11-20-36(31)30(2)37-22-14-23-39-45(37)50-44(43-38-21-12-13-24-42(38)51-46(39)43)34-27-25-33(26-28-34)41-29-40(32-16-6-4-7-17-32)48-47(49-41)35-18-8-5-9-19-35/h3-11,15-20,22,24-29,38H,12-14,21,23H2,1-2H3/b31-3-,36-30+. The number of pyridine rings is 1. The molecule has 4 aromatic carbocycles. The highest BCUT2D eigenvalue weighted by atomic mass is 16.5. The van der Waals surface area contributed by atoms with Crippen molar-refractivity contribution < 1.29 is 4.74 Å². The van der Waals surface area contributed by atoms with Crippen LogP contribution < -0.4 is 15.2 Å². The quantitative estimate of drug-likeness (QED) is 0.185. The Hall–Kier alpha value is -5.87. The molecule has 0 saturated heterocycles. The van der Waals surface area contributed by atoms with Gasteiger partial charge >= 0.3 is 0 Å². The molecule has 0 saturated carbocycles. The summed E-state index contributed by atoms with van der Waals surface area (Å²) in [4.78, 5) is 15.7. The average molecular weight is 662 g/mol. The molecule has 0 fully saturated rings. The first-order valence-electron chi connectivity index (χ1n) is 18.1. The first kappa shape index (κ1) is 31.1. The molecule has 1 unspecified atom stereocenters. The predicted octanol–water partition coefficient (Wildman–Crippen LogP) is 10.1. The van der Waals surface area contributed by atoms with Crippen LogP contribution in [0.1, 0.15) is 62.3 Å². The van der Waals surface area contributed by atoms with Crippen molar-refractivity contribution >= 4 is 17.2 Å². The number of nitrogens with zero attached hydrogens (tertiary/aromatic N) is 3. The van der Waals surface area contributed by atoms with Gasteiger partial charge in [0.15, 0.2) is 5.82 Å². The molecule has 0 bridgehead atoms. The van der Waals surface area contributed by atoms with Crippen molar-refractivity contribution in [2.24, 2.45) is 0 Å². The van der Waals surface area contributed by atoms with E-state index >= 15 is 0 Å². The zero-order valence-corrected chi connectivity index (χ0v) is 29.1. The van der Waals surface area contributed by atoms with E-state index in [0.717, 1.165) is 88.6 Å². The summed E-state index contributed by atoms with van der Waals surface area (Å²) < 4.78 is 6.82. The van der Waals surface area contributed by atoms with Gasteiger partial charge in [-0.1, -0.05) is 121 Å². The minimum Gasteiger partial charge on any atom is -0.461 e. The molecular weight excluding hydrogens is 623 g/mol. The highest BCUT2D eigenvalue weighted by molar-refractivity contribution is 5.98. The Kier molecular flexibility index (Phi) is 8.00. The number of allylic oxidation sites excluding steroid dienone is 4.